The monoisotopic (exact) mass is 657 g/mol. The third kappa shape index (κ3) is 7.96. The lowest BCUT2D eigenvalue weighted by molar-refractivity contribution is -0.645. The van der Waals surface area contributed by atoms with Gasteiger partial charge < -0.3 is 25.8 Å². The fourth-order valence-corrected chi connectivity index (χ4v) is 7.11. The Bertz CT molecular complexity index is 1920. The van der Waals surface area contributed by atoms with Crippen LogP contribution in [0.4, 0.5) is 11.4 Å². The molecule has 2 heterocycles. The molecule has 0 bridgehead atoms. The number of fused-ring (bicyclic) bond motifs is 4. The van der Waals surface area contributed by atoms with Crippen molar-refractivity contribution < 1.29 is 9.13 Å². The molecular weight excluding hydrogens is 603 g/mol. The summed E-state index contributed by atoms with van der Waals surface area (Å²) in [6.07, 6.45) is 4.63. The van der Waals surface area contributed by atoms with Crippen molar-refractivity contribution in [2.24, 2.45) is 0 Å². The molecule has 4 aromatic carbocycles. The average molecular weight is 658 g/mol. The molecule has 0 spiro atoms. The minimum Gasteiger partial charge on any atom is -0.377 e. The van der Waals surface area contributed by atoms with Gasteiger partial charge in [0.05, 0.1) is 0 Å². The van der Waals surface area contributed by atoms with E-state index in [0.29, 0.717) is 0 Å². The zero-order chi connectivity index (χ0) is 34.3. The lowest BCUT2D eigenvalue weighted by Crippen LogP contribution is -2.37. The maximum absolute atomic E-state index is 3.76. The summed E-state index contributed by atoms with van der Waals surface area (Å²) in [6.45, 7) is 5.82. The highest BCUT2D eigenvalue weighted by Gasteiger charge is 2.19. The van der Waals surface area contributed by atoms with Crippen molar-refractivity contribution in [2.75, 3.05) is 65.2 Å². The lowest BCUT2D eigenvalue weighted by atomic mass is 10.0. The molecule has 3 N–H and O–H groups in total. The van der Waals surface area contributed by atoms with Gasteiger partial charge in [0, 0.05) is 118 Å². The number of benzene rings is 4. The van der Waals surface area contributed by atoms with Gasteiger partial charge in [-0.15, -0.1) is 0 Å². The van der Waals surface area contributed by atoms with Crippen LogP contribution in [0.15, 0.2) is 84.9 Å². The standard InChI is InChI=1S/C42H55N7/c1-43-29-31-11-13-33-25-34-14-12-32(30-44-2)24-40(34)48(39(33)23-31)21-9-7-8-19-45-20-10-22-49-41-27-37(46(3)4)17-15-35(41)26-36-16-18-38(47(5)6)28-42(36)49/h11-18,23-28,43-45H,7-10,19-22,29-30H2,1-6H3/q+2. The van der Waals surface area contributed by atoms with Crippen molar-refractivity contribution in [2.45, 2.75) is 51.9 Å². The highest BCUT2D eigenvalue weighted by Crippen LogP contribution is 2.26. The summed E-state index contributed by atoms with van der Waals surface area (Å²) in [6, 6.07) is 32.1. The van der Waals surface area contributed by atoms with Crippen LogP contribution in [0.1, 0.15) is 36.8 Å². The van der Waals surface area contributed by atoms with Gasteiger partial charge in [-0.25, -0.2) is 0 Å². The highest BCUT2D eigenvalue weighted by atomic mass is 15.1. The Morgan fingerprint density at radius 2 is 0.898 bits per heavy atom. The van der Waals surface area contributed by atoms with E-state index in [4.69, 9.17) is 0 Å². The third-order valence-corrected chi connectivity index (χ3v) is 9.77. The highest BCUT2D eigenvalue weighted by molar-refractivity contribution is 5.92. The van der Waals surface area contributed by atoms with Gasteiger partial charge in [-0.3, -0.25) is 0 Å². The molecule has 2 aromatic heterocycles. The van der Waals surface area contributed by atoms with Crippen LogP contribution in [0.2, 0.25) is 0 Å². The maximum atomic E-state index is 3.76. The molecule has 0 amide bonds. The predicted octanol–water partition coefficient (Wildman–Crippen LogP) is 6.30. The number of hydrogen-bond donors (Lipinski definition) is 3. The van der Waals surface area contributed by atoms with E-state index >= 15 is 0 Å². The van der Waals surface area contributed by atoms with Crippen LogP contribution in [-0.4, -0.2) is 55.4 Å². The van der Waals surface area contributed by atoms with Crippen LogP contribution in [0.5, 0.6) is 0 Å². The van der Waals surface area contributed by atoms with E-state index < -0.39 is 0 Å². The number of unbranched alkanes of at least 4 members (excludes halogenated alkanes) is 2. The first-order valence-corrected chi connectivity index (χ1v) is 18.0. The fraction of sp³-hybridized carbons (Fsp3) is 0.381. The summed E-state index contributed by atoms with van der Waals surface area (Å²) in [5.74, 6) is 0. The first kappa shape index (κ1) is 34.6. The molecule has 6 rings (SSSR count). The summed E-state index contributed by atoms with van der Waals surface area (Å²) in [4.78, 5) is 4.38. The van der Waals surface area contributed by atoms with Gasteiger partial charge in [0.2, 0.25) is 22.1 Å². The summed E-state index contributed by atoms with van der Waals surface area (Å²) >= 11 is 0. The molecule has 0 radical (unpaired) electrons. The van der Waals surface area contributed by atoms with Crippen molar-refractivity contribution in [1.82, 2.24) is 16.0 Å². The van der Waals surface area contributed by atoms with E-state index in [1.54, 1.807) is 0 Å². The van der Waals surface area contributed by atoms with Crippen molar-refractivity contribution >= 4 is 55.0 Å². The lowest BCUT2D eigenvalue weighted by Gasteiger charge is -2.15. The Labute approximate surface area is 292 Å². The zero-order valence-corrected chi connectivity index (χ0v) is 30.4. The molecule has 0 atom stereocenters. The van der Waals surface area contributed by atoms with E-state index in [9.17, 15) is 0 Å². The van der Waals surface area contributed by atoms with E-state index in [0.717, 1.165) is 52.1 Å². The number of aryl methyl sites for hydroxylation is 2. The van der Waals surface area contributed by atoms with Gasteiger partial charge >= 0.3 is 0 Å². The second-order valence-electron chi connectivity index (χ2n) is 13.9. The van der Waals surface area contributed by atoms with Gasteiger partial charge in [0.1, 0.15) is 6.54 Å². The SMILES string of the molecule is CNCc1ccc2cc3ccc(CNC)cc3[n+](CCCCCNCCC[n+]3c4cc(N(C)C)ccc4cc4ccc(N(C)C)cc43)c2c1. The molecule has 256 valence electrons. The first-order valence-electron chi connectivity index (χ1n) is 18.0. The van der Waals surface area contributed by atoms with Gasteiger partial charge in [-0.1, -0.05) is 12.1 Å². The van der Waals surface area contributed by atoms with E-state index in [-0.39, 0.29) is 0 Å². The molecule has 0 unspecified atom stereocenters. The van der Waals surface area contributed by atoms with Crippen LogP contribution in [-0.2, 0) is 26.2 Å². The molecule has 0 saturated carbocycles. The summed E-state index contributed by atoms with van der Waals surface area (Å²) < 4.78 is 5.09. The van der Waals surface area contributed by atoms with Crippen molar-refractivity contribution in [3.05, 3.63) is 96.1 Å². The van der Waals surface area contributed by atoms with Crippen LogP contribution < -0.4 is 34.9 Å². The van der Waals surface area contributed by atoms with Crippen LogP contribution in [0.25, 0.3) is 43.6 Å². The van der Waals surface area contributed by atoms with Crippen LogP contribution in [0, 0.1) is 0 Å². The summed E-state index contributed by atoms with van der Waals surface area (Å²) in [7, 11) is 12.5. The number of nitrogens with zero attached hydrogens (tertiary/aromatic N) is 4. The number of rotatable bonds is 16. The molecule has 0 aliphatic heterocycles. The summed E-state index contributed by atoms with van der Waals surface area (Å²) in [5.41, 5.74) is 10.4. The molecule has 0 aliphatic rings. The smallest absolute Gasteiger partial charge is 0.215 e. The minimum absolute atomic E-state index is 0.878. The Kier molecular flexibility index (Phi) is 11.2. The van der Waals surface area contributed by atoms with E-state index in [1.165, 1.54) is 79.0 Å². The van der Waals surface area contributed by atoms with Gasteiger partial charge in [-0.2, -0.15) is 9.13 Å². The molecule has 0 aliphatic carbocycles. The quantitative estimate of drug-likeness (QED) is 0.0649. The minimum atomic E-state index is 0.878. The average Bonchev–Trinajstić information content (AvgIpc) is 3.10. The molecule has 6 aromatic rings. The number of aromatic nitrogens is 2. The third-order valence-electron chi connectivity index (χ3n) is 9.77. The Hall–Kier alpha value is -4.30. The number of hydrogen-bond acceptors (Lipinski definition) is 5. The molecule has 7 nitrogen and oxygen atoms in total. The van der Waals surface area contributed by atoms with E-state index in [2.05, 4.69) is 148 Å². The largest absolute Gasteiger partial charge is 0.377 e. The predicted molar refractivity (Wildman–Crippen MR) is 209 cm³/mol. The molecule has 7 heteroatoms. The first-order chi connectivity index (χ1) is 23.9. The number of anilines is 2. The Morgan fingerprint density at radius 1 is 0.469 bits per heavy atom. The molecule has 0 fully saturated rings. The second kappa shape index (κ2) is 15.9. The van der Waals surface area contributed by atoms with E-state index in [1.807, 2.05) is 14.1 Å². The van der Waals surface area contributed by atoms with Crippen molar-refractivity contribution in [3.63, 3.8) is 0 Å². The van der Waals surface area contributed by atoms with Gasteiger partial charge in [0.25, 0.3) is 0 Å². The molecule has 49 heavy (non-hydrogen) atoms. The van der Waals surface area contributed by atoms with Crippen molar-refractivity contribution in [1.29, 1.82) is 0 Å². The second-order valence-corrected chi connectivity index (χ2v) is 13.9. The Balaban J connectivity index is 1.09. The maximum Gasteiger partial charge on any atom is 0.215 e. The fourth-order valence-electron chi connectivity index (χ4n) is 7.11. The summed E-state index contributed by atoms with van der Waals surface area (Å²) in [5, 5.41) is 15.6. The molecular formula is C42H55N7+2. The van der Waals surface area contributed by atoms with Gasteiger partial charge in [-0.05, 0) is 93.1 Å². The molecule has 0 saturated heterocycles. The van der Waals surface area contributed by atoms with Gasteiger partial charge in [0.15, 0.2) is 6.54 Å². The Morgan fingerprint density at radius 3 is 1.37 bits per heavy atom. The van der Waals surface area contributed by atoms with Crippen molar-refractivity contribution in [3.8, 4) is 0 Å². The zero-order valence-electron chi connectivity index (χ0n) is 30.4. The number of nitrogens with one attached hydrogen (secondary N) is 3. The topological polar surface area (TPSA) is 50.3 Å². The van der Waals surface area contributed by atoms with Crippen LogP contribution >= 0.6 is 0 Å². The van der Waals surface area contributed by atoms with Crippen LogP contribution in [0.3, 0.4) is 0 Å². The number of pyridine rings is 2. The normalized spacial score (nSPS) is 11.7.